The Bertz CT molecular complexity index is 751. The van der Waals surface area contributed by atoms with E-state index in [-0.39, 0.29) is 23.9 Å². The largest absolute Gasteiger partial charge is 0.465 e. The summed E-state index contributed by atoms with van der Waals surface area (Å²) in [6, 6.07) is 7.43. The summed E-state index contributed by atoms with van der Waals surface area (Å²) in [7, 11) is 1.37. The SMILES string of the molecule is COC(=O)c1ccccc1CCC(C)Nc1ncnc(NC(C)=O)n1. The molecular weight excluding hydrogens is 322 g/mol. The molecule has 1 heterocycles. The fourth-order valence-electron chi connectivity index (χ4n) is 2.30. The first-order valence-electron chi connectivity index (χ1n) is 7.89. The van der Waals surface area contributed by atoms with Crippen LogP contribution < -0.4 is 10.6 Å². The minimum absolute atomic E-state index is 0.0540. The van der Waals surface area contributed by atoms with Gasteiger partial charge in [-0.25, -0.2) is 14.8 Å². The predicted octanol–water partition coefficient (Wildman–Crippen LogP) is 2.05. The molecule has 0 radical (unpaired) electrons. The molecule has 0 saturated carbocycles. The number of nitrogens with zero attached hydrogens (tertiary/aromatic N) is 3. The molecule has 2 N–H and O–H groups in total. The third kappa shape index (κ3) is 5.52. The van der Waals surface area contributed by atoms with E-state index in [1.807, 2.05) is 25.1 Å². The molecule has 8 heteroatoms. The minimum Gasteiger partial charge on any atom is -0.465 e. The molecule has 2 aromatic rings. The number of methoxy groups -OCH3 is 1. The van der Waals surface area contributed by atoms with Gasteiger partial charge in [0, 0.05) is 13.0 Å². The van der Waals surface area contributed by atoms with E-state index >= 15 is 0 Å². The van der Waals surface area contributed by atoms with Crippen LogP contribution in [-0.2, 0) is 16.0 Å². The second kappa shape index (κ2) is 8.72. The lowest BCUT2D eigenvalue weighted by molar-refractivity contribution is -0.114. The molecule has 0 bridgehead atoms. The van der Waals surface area contributed by atoms with Crippen molar-refractivity contribution in [2.75, 3.05) is 17.7 Å². The zero-order chi connectivity index (χ0) is 18.2. The Morgan fingerprint density at radius 3 is 2.64 bits per heavy atom. The maximum Gasteiger partial charge on any atom is 0.338 e. The average Bonchev–Trinajstić information content (AvgIpc) is 2.59. The second-order valence-corrected chi connectivity index (χ2v) is 5.55. The van der Waals surface area contributed by atoms with Crippen LogP contribution in [0.15, 0.2) is 30.6 Å². The average molecular weight is 343 g/mol. The van der Waals surface area contributed by atoms with E-state index in [2.05, 4.69) is 25.6 Å². The van der Waals surface area contributed by atoms with E-state index in [1.54, 1.807) is 6.07 Å². The number of ether oxygens (including phenoxy) is 1. The van der Waals surface area contributed by atoms with Gasteiger partial charge >= 0.3 is 5.97 Å². The first-order valence-corrected chi connectivity index (χ1v) is 7.89. The lowest BCUT2D eigenvalue weighted by Gasteiger charge is -2.15. The van der Waals surface area contributed by atoms with Crippen molar-refractivity contribution in [3.05, 3.63) is 41.7 Å². The van der Waals surface area contributed by atoms with Gasteiger partial charge < -0.3 is 10.1 Å². The van der Waals surface area contributed by atoms with Crippen molar-refractivity contribution in [3.63, 3.8) is 0 Å². The predicted molar refractivity (Wildman–Crippen MR) is 93.3 cm³/mol. The number of hydrogen-bond acceptors (Lipinski definition) is 7. The highest BCUT2D eigenvalue weighted by molar-refractivity contribution is 5.91. The summed E-state index contributed by atoms with van der Waals surface area (Å²) in [6.45, 7) is 3.38. The van der Waals surface area contributed by atoms with E-state index in [0.717, 1.165) is 12.0 Å². The Labute approximate surface area is 146 Å². The molecule has 1 atom stereocenters. The molecule has 0 saturated heterocycles. The van der Waals surface area contributed by atoms with Gasteiger partial charge in [-0.2, -0.15) is 4.98 Å². The lowest BCUT2D eigenvalue weighted by atomic mass is 10.0. The summed E-state index contributed by atoms with van der Waals surface area (Å²) < 4.78 is 4.81. The highest BCUT2D eigenvalue weighted by atomic mass is 16.5. The number of esters is 1. The van der Waals surface area contributed by atoms with Gasteiger partial charge in [0.25, 0.3) is 0 Å². The molecule has 2 rings (SSSR count). The molecule has 1 amide bonds. The van der Waals surface area contributed by atoms with Crippen molar-refractivity contribution in [2.45, 2.75) is 32.7 Å². The fraction of sp³-hybridized carbons (Fsp3) is 0.353. The van der Waals surface area contributed by atoms with Crippen LogP contribution in [0.2, 0.25) is 0 Å². The number of carbonyl (C=O) groups is 2. The van der Waals surface area contributed by atoms with Gasteiger partial charge in [0.05, 0.1) is 12.7 Å². The summed E-state index contributed by atoms with van der Waals surface area (Å²) in [5.41, 5.74) is 1.50. The zero-order valence-corrected chi connectivity index (χ0v) is 14.4. The molecule has 0 aliphatic heterocycles. The number of aryl methyl sites for hydroxylation is 1. The number of carbonyl (C=O) groups excluding carboxylic acids is 2. The Balaban J connectivity index is 1.96. The smallest absolute Gasteiger partial charge is 0.338 e. The van der Waals surface area contributed by atoms with Gasteiger partial charge in [0.2, 0.25) is 17.8 Å². The maximum atomic E-state index is 11.8. The van der Waals surface area contributed by atoms with Crippen molar-refractivity contribution in [2.24, 2.45) is 0 Å². The molecule has 0 spiro atoms. The zero-order valence-electron chi connectivity index (χ0n) is 14.4. The minimum atomic E-state index is -0.339. The first kappa shape index (κ1) is 18.3. The fourth-order valence-corrected chi connectivity index (χ4v) is 2.30. The Morgan fingerprint density at radius 2 is 1.92 bits per heavy atom. The van der Waals surface area contributed by atoms with Crippen LogP contribution in [-0.4, -0.2) is 40.0 Å². The third-order valence-electron chi connectivity index (χ3n) is 3.50. The normalized spacial score (nSPS) is 11.5. The van der Waals surface area contributed by atoms with Crippen molar-refractivity contribution in [3.8, 4) is 0 Å². The number of nitrogens with one attached hydrogen (secondary N) is 2. The highest BCUT2D eigenvalue weighted by Gasteiger charge is 2.12. The molecule has 0 aliphatic carbocycles. The monoisotopic (exact) mass is 343 g/mol. The molecular formula is C17H21N5O3. The van der Waals surface area contributed by atoms with E-state index in [0.29, 0.717) is 17.9 Å². The summed E-state index contributed by atoms with van der Waals surface area (Å²) in [6.07, 6.45) is 2.79. The van der Waals surface area contributed by atoms with Crippen LogP contribution in [0.5, 0.6) is 0 Å². The van der Waals surface area contributed by atoms with Crippen LogP contribution in [0.3, 0.4) is 0 Å². The number of aromatic nitrogens is 3. The molecule has 25 heavy (non-hydrogen) atoms. The molecule has 1 aromatic heterocycles. The Kier molecular flexibility index (Phi) is 6.39. The maximum absolute atomic E-state index is 11.8. The van der Waals surface area contributed by atoms with Crippen molar-refractivity contribution < 1.29 is 14.3 Å². The summed E-state index contributed by atoms with van der Waals surface area (Å²) in [5, 5.41) is 5.67. The summed E-state index contributed by atoms with van der Waals surface area (Å²) >= 11 is 0. The van der Waals surface area contributed by atoms with Gasteiger partial charge in [-0.15, -0.1) is 0 Å². The number of anilines is 2. The molecule has 132 valence electrons. The standard InChI is InChI=1S/C17H21N5O3/c1-11(20-16-18-10-19-17(22-16)21-12(2)23)8-9-13-6-4-5-7-14(13)15(24)25-3/h4-7,10-11H,8-9H2,1-3H3,(H2,18,19,20,21,22,23). The summed E-state index contributed by atoms with van der Waals surface area (Å²) in [5.74, 6) is -0.000941. The van der Waals surface area contributed by atoms with Gasteiger partial charge in [0.1, 0.15) is 6.33 Å². The van der Waals surface area contributed by atoms with Crippen LogP contribution >= 0.6 is 0 Å². The highest BCUT2D eigenvalue weighted by Crippen LogP contribution is 2.14. The molecule has 1 aromatic carbocycles. The third-order valence-corrected chi connectivity index (χ3v) is 3.50. The van der Waals surface area contributed by atoms with Gasteiger partial charge in [-0.1, -0.05) is 18.2 Å². The van der Waals surface area contributed by atoms with Crippen LogP contribution in [0.1, 0.15) is 36.2 Å². The topological polar surface area (TPSA) is 106 Å². The molecule has 1 unspecified atom stereocenters. The Morgan fingerprint density at radius 1 is 1.20 bits per heavy atom. The van der Waals surface area contributed by atoms with Crippen molar-refractivity contribution >= 4 is 23.8 Å². The second-order valence-electron chi connectivity index (χ2n) is 5.55. The number of benzene rings is 1. The quantitative estimate of drug-likeness (QED) is 0.741. The number of hydrogen-bond donors (Lipinski definition) is 2. The molecule has 8 nitrogen and oxygen atoms in total. The van der Waals surface area contributed by atoms with Gasteiger partial charge in [-0.05, 0) is 31.4 Å². The van der Waals surface area contributed by atoms with E-state index in [9.17, 15) is 9.59 Å². The van der Waals surface area contributed by atoms with Crippen LogP contribution in [0.4, 0.5) is 11.9 Å². The lowest BCUT2D eigenvalue weighted by Crippen LogP contribution is -2.19. The summed E-state index contributed by atoms with van der Waals surface area (Å²) in [4.78, 5) is 34.9. The first-order chi connectivity index (χ1) is 12.0. The van der Waals surface area contributed by atoms with Crippen molar-refractivity contribution in [1.29, 1.82) is 0 Å². The van der Waals surface area contributed by atoms with Crippen LogP contribution in [0.25, 0.3) is 0 Å². The van der Waals surface area contributed by atoms with Crippen molar-refractivity contribution in [1.82, 2.24) is 15.0 Å². The Hall–Kier alpha value is -3.03. The molecule has 0 fully saturated rings. The van der Waals surface area contributed by atoms with E-state index < -0.39 is 0 Å². The van der Waals surface area contributed by atoms with E-state index in [1.165, 1.54) is 20.4 Å². The van der Waals surface area contributed by atoms with E-state index in [4.69, 9.17) is 4.74 Å². The number of rotatable bonds is 7. The van der Waals surface area contributed by atoms with Gasteiger partial charge in [-0.3, -0.25) is 10.1 Å². The number of amides is 1. The molecule has 0 aliphatic rings. The van der Waals surface area contributed by atoms with Gasteiger partial charge in [0.15, 0.2) is 0 Å². The van der Waals surface area contributed by atoms with Crippen LogP contribution in [0, 0.1) is 0 Å².